The molecule has 192 valence electrons. The van der Waals surface area contributed by atoms with Crippen molar-refractivity contribution >= 4 is 17.3 Å². The number of rotatable bonds is 10. The van der Waals surface area contributed by atoms with E-state index in [1.807, 2.05) is 54.6 Å². The van der Waals surface area contributed by atoms with Crippen molar-refractivity contribution in [1.29, 1.82) is 0 Å². The molecule has 3 N–H and O–H groups in total. The van der Waals surface area contributed by atoms with Gasteiger partial charge in [-0.05, 0) is 42.3 Å². The van der Waals surface area contributed by atoms with Gasteiger partial charge in [0.1, 0.15) is 17.4 Å². The summed E-state index contributed by atoms with van der Waals surface area (Å²) >= 11 is 6.19. The monoisotopic (exact) mass is 514 g/mol. The van der Waals surface area contributed by atoms with Crippen molar-refractivity contribution in [2.75, 3.05) is 32.5 Å². The Labute approximate surface area is 215 Å². The highest BCUT2D eigenvalue weighted by molar-refractivity contribution is 6.30. The maximum atomic E-state index is 9.83. The van der Waals surface area contributed by atoms with E-state index in [1.54, 1.807) is 6.07 Å². The van der Waals surface area contributed by atoms with E-state index in [-0.39, 0.29) is 23.6 Å². The van der Waals surface area contributed by atoms with E-state index >= 15 is 0 Å². The average molecular weight is 515 g/mol. The van der Waals surface area contributed by atoms with E-state index in [0.717, 1.165) is 17.7 Å². The van der Waals surface area contributed by atoms with Gasteiger partial charge in [0.15, 0.2) is 11.5 Å². The summed E-state index contributed by atoms with van der Waals surface area (Å²) in [5.41, 5.74) is 1.91. The zero-order chi connectivity index (χ0) is 25.5. The van der Waals surface area contributed by atoms with E-state index in [9.17, 15) is 10.4 Å². The van der Waals surface area contributed by atoms with E-state index in [1.165, 1.54) is 20.3 Å². The van der Waals surface area contributed by atoms with Gasteiger partial charge in [-0.25, -0.2) is 0 Å². The van der Waals surface area contributed by atoms with E-state index in [2.05, 4.69) is 5.32 Å². The second-order valence-electron chi connectivity index (χ2n) is 8.55. The molecule has 0 radical (unpaired) electrons. The van der Waals surface area contributed by atoms with E-state index in [4.69, 9.17) is 30.5 Å². The molecule has 0 saturated carbocycles. The zero-order valence-electron chi connectivity index (χ0n) is 20.3. The van der Waals surface area contributed by atoms with Crippen LogP contribution in [-0.2, 0) is 28.3 Å². The first-order valence-electron chi connectivity index (χ1n) is 11.7. The van der Waals surface area contributed by atoms with E-state index in [0.29, 0.717) is 41.7 Å². The Morgan fingerprint density at radius 3 is 2.33 bits per heavy atom. The molecule has 3 aromatic rings. The molecular weight excluding hydrogens is 484 g/mol. The third-order valence-corrected chi connectivity index (χ3v) is 6.69. The van der Waals surface area contributed by atoms with Crippen molar-refractivity contribution in [2.45, 2.75) is 31.3 Å². The molecule has 1 aliphatic heterocycles. The Bertz CT molecular complexity index is 1130. The largest absolute Gasteiger partial charge is 0.493 e. The van der Waals surface area contributed by atoms with Crippen LogP contribution in [0.15, 0.2) is 66.7 Å². The van der Waals surface area contributed by atoms with Crippen molar-refractivity contribution in [3.05, 3.63) is 88.4 Å². The van der Waals surface area contributed by atoms with Crippen molar-refractivity contribution in [1.82, 2.24) is 5.32 Å². The van der Waals surface area contributed by atoms with Gasteiger partial charge < -0.3 is 24.3 Å². The fourth-order valence-corrected chi connectivity index (χ4v) is 4.65. The number of anilines is 1. The van der Waals surface area contributed by atoms with Crippen LogP contribution in [0.4, 0.5) is 5.69 Å². The first kappa shape index (κ1) is 26.2. The van der Waals surface area contributed by atoms with Crippen LogP contribution in [0.5, 0.6) is 11.5 Å². The number of hydrogen-bond acceptors (Lipinski definition) is 8. The van der Waals surface area contributed by atoms with Crippen LogP contribution in [0.25, 0.3) is 0 Å². The summed E-state index contributed by atoms with van der Waals surface area (Å²) in [4.78, 5) is 0. The van der Waals surface area contributed by atoms with Gasteiger partial charge in [0.05, 0.1) is 27.4 Å². The Hall–Kier alpha value is -2.85. The van der Waals surface area contributed by atoms with Gasteiger partial charge in [0, 0.05) is 23.2 Å². The van der Waals surface area contributed by atoms with Crippen LogP contribution >= 0.6 is 11.6 Å². The number of nitrogens with one attached hydrogen (secondary N) is 1. The fourth-order valence-electron chi connectivity index (χ4n) is 4.53. The van der Waals surface area contributed by atoms with Gasteiger partial charge in [-0.1, -0.05) is 54.1 Å². The van der Waals surface area contributed by atoms with Crippen molar-refractivity contribution in [3.8, 4) is 11.5 Å². The highest BCUT2D eigenvalue weighted by atomic mass is 35.5. The molecule has 2 unspecified atom stereocenters. The molecular formula is C27H31ClN2O6. The minimum Gasteiger partial charge on any atom is -0.493 e. The molecule has 0 aliphatic carbocycles. The summed E-state index contributed by atoms with van der Waals surface area (Å²) in [5.74, 6) is 0.818. The minimum absolute atomic E-state index is 0.0537. The van der Waals surface area contributed by atoms with Crippen LogP contribution in [-0.4, -0.2) is 43.8 Å². The molecule has 3 aromatic carbocycles. The third kappa shape index (κ3) is 5.75. The van der Waals surface area contributed by atoms with Gasteiger partial charge in [0.2, 0.25) is 0 Å². The number of nitrogens with zero attached hydrogens (tertiary/aromatic N) is 1. The summed E-state index contributed by atoms with van der Waals surface area (Å²) < 4.78 is 23.8. The number of hydrogen-bond donors (Lipinski definition) is 3. The molecule has 1 heterocycles. The topological polar surface area (TPSA) is 92.7 Å². The summed E-state index contributed by atoms with van der Waals surface area (Å²) in [7, 11) is 3.00. The fraction of sp³-hybridized carbons (Fsp3) is 0.333. The molecule has 0 amide bonds. The molecule has 2 atom stereocenters. The number of benzene rings is 3. The number of ether oxygens (including phenoxy) is 4. The second-order valence-corrected chi connectivity index (χ2v) is 8.99. The number of piperidine rings is 1. The molecule has 8 nitrogen and oxygen atoms in total. The molecule has 0 bridgehead atoms. The van der Waals surface area contributed by atoms with Gasteiger partial charge in [-0.15, -0.1) is 5.23 Å². The first-order chi connectivity index (χ1) is 17.5. The highest BCUT2D eigenvalue weighted by Gasteiger charge is 2.44. The molecule has 0 spiro atoms. The quantitative estimate of drug-likeness (QED) is 0.328. The molecule has 1 saturated heterocycles. The normalized spacial score (nSPS) is 19.6. The predicted molar refractivity (Wildman–Crippen MR) is 136 cm³/mol. The maximum Gasteiger partial charge on any atom is 0.162 e. The lowest BCUT2D eigenvalue weighted by atomic mass is 9.82. The summed E-state index contributed by atoms with van der Waals surface area (Å²) in [6, 6.07) is 20.8. The number of halogens is 1. The Morgan fingerprint density at radius 2 is 1.67 bits per heavy atom. The molecule has 4 rings (SSSR count). The minimum atomic E-state index is -0.749. The smallest absolute Gasteiger partial charge is 0.162 e. The Kier molecular flexibility index (Phi) is 8.68. The van der Waals surface area contributed by atoms with Crippen LogP contribution in [0.2, 0.25) is 5.02 Å². The highest BCUT2D eigenvalue weighted by Crippen LogP contribution is 2.40. The van der Waals surface area contributed by atoms with E-state index < -0.39 is 5.60 Å². The molecule has 36 heavy (non-hydrogen) atoms. The Morgan fingerprint density at radius 1 is 0.972 bits per heavy atom. The molecule has 9 heteroatoms. The lowest BCUT2D eigenvalue weighted by molar-refractivity contribution is -0.176. The van der Waals surface area contributed by atoms with Gasteiger partial charge >= 0.3 is 0 Å². The van der Waals surface area contributed by atoms with Crippen molar-refractivity contribution in [3.63, 3.8) is 0 Å². The lowest BCUT2D eigenvalue weighted by Gasteiger charge is -2.44. The molecule has 1 aliphatic rings. The maximum absolute atomic E-state index is 9.83. The van der Waals surface area contributed by atoms with Crippen molar-refractivity contribution in [2.24, 2.45) is 0 Å². The van der Waals surface area contributed by atoms with Crippen molar-refractivity contribution < 1.29 is 29.4 Å². The first-order valence-corrected chi connectivity index (χ1v) is 12.0. The standard InChI is InChI=1S/C27H31ClN2O6/c1-33-24-14-20(23(30(31)32)15-25(24)34-2)18-35-26-16-29-13-12-27(26,21-8-10-22(28)11-9-21)36-17-19-6-4-3-5-7-19/h3-11,14-15,26,29,31-32H,12-13,16-18H2,1-2H3. The SMILES string of the molecule is COc1cc(COC2CNCCC2(OCc2ccccc2)c2ccc(Cl)cc2)c(N(O)O)cc1OC. The number of methoxy groups -OCH3 is 2. The van der Waals surface area contributed by atoms with Crippen LogP contribution in [0, 0.1) is 0 Å². The zero-order valence-corrected chi connectivity index (χ0v) is 21.1. The van der Waals surface area contributed by atoms with Crippen LogP contribution < -0.4 is 20.0 Å². The van der Waals surface area contributed by atoms with Crippen LogP contribution in [0.3, 0.4) is 0 Å². The Balaban J connectivity index is 1.65. The van der Waals surface area contributed by atoms with Gasteiger partial charge in [-0.2, -0.15) is 0 Å². The molecule has 1 fully saturated rings. The summed E-state index contributed by atoms with van der Waals surface area (Å²) in [5, 5.41) is 23.8. The van der Waals surface area contributed by atoms with Gasteiger partial charge in [-0.3, -0.25) is 10.4 Å². The van der Waals surface area contributed by atoms with Crippen LogP contribution in [0.1, 0.15) is 23.1 Å². The van der Waals surface area contributed by atoms with Gasteiger partial charge in [0.25, 0.3) is 0 Å². The summed E-state index contributed by atoms with van der Waals surface area (Å²) in [6.07, 6.45) is 0.291. The predicted octanol–water partition coefficient (Wildman–Crippen LogP) is 4.93. The second kappa shape index (κ2) is 11.9. The lowest BCUT2D eigenvalue weighted by Crippen LogP contribution is -2.54. The molecule has 0 aromatic heterocycles. The third-order valence-electron chi connectivity index (χ3n) is 6.44. The average Bonchev–Trinajstić information content (AvgIpc) is 2.91. The summed E-state index contributed by atoms with van der Waals surface area (Å²) in [6.45, 7) is 1.78.